The third-order valence-corrected chi connectivity index (χ3v) is 5.03. The van der Waals surface area contributed by atoms with Gasteiger partial charge in [0.2, 0.25) is 5.91 Å². The van der Waals surface area contributed by atoms with Crippen molar-refractivity contribution in [3.8, 4) is 0 Å². The van der Waals surface area contributed by atoms with E-state index in [2.05, 4.69) is 20.8 Å². The molecule has 3 aromatic rings. The SMILES string of the molecule is Cn1c(CNC(=O)c2ccccc2F)nnc1SCC(=O)Nc1c(F)cccc1F. The first kappa shape index (κ1) is 21.4. The number of hydrogen-bond acceptors (Lipinski definition) is 5. The lowest BCUT2D eigenvalue weighted by atomic mass is 10.2. The van der Waals surface area contributed by atoms with E-state index in [0.717, 1.165) is 23.9 Å². The molecule has 0 aliphatic carbocycles. The number of benzene rings is 2. The molecule has 30 heavy (non-hydrogen) atoms. The first-order chi connectivity index (χ1) is 14.4. The fourth-order valence-electron chi connectivity index (χ4n) is 2.45. The van der Waals surface area contributed by atoms with Gasteiger partial charge in [-0.3, -0.25) is 9.59 Å². The number of rotatable bonds is 7. The zero-order chi connectivity index (χ0) is 21.7. The predicted octanol–water partition coefficient (Wildman–Crippen LogP) is 2.89. The van der Waals surface area contributed by atoms with Crippen molar-refractivity contribution in [2.24, 2.45) is 7.05 Å². The van der Waals surface area contributed by atoms with Gasteiger partial charge in [0.25, 0.3) is 5.91 Å². The van der Waals surface area contributed by atoms with Crippen LogP contribution in [0, 0.1) is 17.5 Å². The van der Waals surface area contributed by atoms with E-state index in [0.29, 0.717) is 11.0 Å². The van der Waals surface area contributed by atoms with Gasteiger partial charge in [-0.2, -0.15) is 0 Å². The maximum atomic E-state index is 13.6. The third kappa shape index (κ3) is 4.98. The van der Waals surface area contributed by atoms with Gasteiger partial charge < -0.3 is 15.2 Å². The summed E-state index contributed by atoms with van der Waals surface area (Å²) in [6.07, 6.45) is 0. The van der Waals surface area contributed by atoms with E-state index >= 15 is 0 Å². The average Bonchev–Trinajstić information content (AvgIpc) is 3.07. The predicted molar refractivity (Wildman–Crippen MR) is 104 cm³/mol. The number of hydrogen-bond donors (Lipinski definition) is 2. The molecule has 156 valence electrons. The Morgan fingerprint density at radius 2 is 1.67 bits per heavy atom. The summed E-state index contributed by atoms with van der Waals surface area (Å²) in [7, 11) is 1.63. The van der Waals surface area contributed by atoms with Crippen LogP contribution in [0.15, 0.2) is 47.6 Å². The molecule has 0 saturated carbocycles. The van der Waals surface area contributed by atoms with Crippen LogP contribution in [0.2, 0.25) is 0 Å². The van der Waals surface area contributed by atoms with Crippen molar-refractivity contribution >= 4 is 29.3 Å². The second-order valence-electron chi connectivity index (χ2n) is 6.05. The fraction of sp³-hybridized carbons (Fsp3) is 0.158. The molecule has 7 nitrogen and oxygen atoms in total. The molecular weight excluding hydrogens is 419 g/mol. The number of carbonyl (C=O) groups excluding carboxylic acids is 2. The summed E-state index contributed by atoms with van der Waals surface area (Å²) in [4.78, 5) is 24.1. The summed E-state index contributed by atoms with van der Waals surface area (Å²) in [6.45, 7) is -0.0101. The molecule has 0 radical (unpaired) electrons. The third-order valence-electron chi connectivity index (χ3n) is 4.01. The molecular formula is C19H16F3N5O2S. The smallest absolute Gasteiger partial charge is 0.254 e. The van der Waals surface area contributed by atoms with Gasteiger partial charge in [0, 0.05) is 7.05 Å². The van der Waals surface area contributed by atoms with Crippen LogP contribution in [-0.4, -0.2) is 32.3 Å². The molecule has 11 heteroatoms. The van der Waals surface area contributed by atoms with E-state index in [4.69, 9.17) is 0 Å². The van der Waals surface area contributed by atoms with Gasteiger partial charge in [0.05, 0.1) is 17.9 Å². The van der Waals surface area contributed by atoms with Crippen molar-refractivity contribution in [2.75, 3.05) is 11.1 Å². The summed E-state index contributed by atoms with van der Waals surface area (Å²) < 4.78 is 42.4. The molecule has 0 fully saturated rings. The van der Waals surface area contributed by atoms with Crippen LogP contribution in [0.1, 0.15) is 16.2 Å². The van der Waals surface area contributed by atoms with Crippen LogP contribution in [0.3, 0.4) is 0 Å². The maximum Gasteiger partial charge on any atom is 0.254 e. The first-order valence-electron chi connectivity index (χ1n) is 8.64. The van der Waals surface area contributed by atoms with E-state index in [-0.39, 0.29) is 17.9 Å². The van der Waals surface area contributed by atoms with Gasteiger partial charge >= 0.3 is 0 Å². The van der Waals surface area contributed by atoms with Gasteiger partial charge in [-0.05, 0) is 24.3 Å². The molecule has 1 aromatic heterocycles. The standard InChI is InChI=1S/C19H16F3N5O2S/c1-27-15(9-23-18(29)11-5-2-3-6-12(11)20)25-26-19(27)30-10-16(28)24-17-13(21)7-4-8-14(17)22/h2-8H,9-10H2,1H3,(H,23,29)(H,24,28). The highest BCUT2D eigenvalue weighted by molar-refractivity contribution is 7.99. The normalized spacial score (nSPS) is 10.7. The Kier molecular flexibility index (Phi) is 6.72. The highest BCUT2D eigenvalue weighted by Crippen LogP contribution is 2.20. The number of amides is 2. The summed E-state index contributed by atoms with van der Waals surface area (Å²) in [5, 5.41) is 12.9. The highest BCUT2D eigenvalue weighted by atomic mass is 32.2. The van der Waals surface area contributed by atoms with Gasteiger partial charge in [0.15, 0.2) is 11.0 Å². The molecule has 0 bridgehead atoms. The number of halogens is 3. The minimum absolute atomic E-state index is 0.0101. The monoisotopic (exact) mass is 435 g/mol. The number of carbonyl (C=O) groups is 2. The van der Waals surface area contributed by atoms with Crippen molar-refractivity contribution < 1.29 is 22.8 Å². The lowest BCUT2D eigenvalue weighted by Crippen LogP contribution is -2.25. The lowest BCUT2D eigenvalue weighted by molar-refractivity contribution is -0.113. The number of anilines is 1. The van der Waals surface area contributed by atoms with Crippen LogP contribution < -0.4 is 10.6 Å². The van der Waals surface area contributed by atoms with Crippen LogP contribution in [0.25, 0.3) is 0 Å². The van der Waals surface area contributed by atoms with Gasteiger partial charge in [-0.25, -0.2) is 13.2 Å². The highest BCUT2D eigenvalue weighted by Gasteiger charge is 2.16. The molecule has 0 aliphatic rings. The molecule has 0 saturated heterocycles. The van der Waals surface area contributed by atoms with Crippen molar-refractivity contribution in [1.82, 2.24) is 20.1 Å². The number of nitrogens with one attached hydrogen (secondary N) is 2. The Hall–Kier alpha value is -3.34. The fourth-order valence-corrected chi connectivity index (χ4v) is 3.18. The molecule has 2 aromatic carbocycles. The Bertz CT molecular complexity index is 1070. The number of nitrogens with zero attached hydrogens (tertiary/aromatic N) is 3. The molecule has 2 N–H and O–H groups in total. The van der Waals surface area contributed by atoms with Crippen LogP contribution in [-0.2, 0) is 18.4 Å². The van der Waals surface area contributed by atoms with Crippen molar-refractivity contribution in [2.45, 2.75) is 11.7 Å². The maximum absolute atomic E-state index is 13.6. The number of para-hydroxylation sites is 1. The van der Waals surface area contributed by atoms with Crippen molar-refractivity contribution in [3.63, 3.8) is 0 Å². The average molecular weight is 435 g/mol. The molecule has 0 aliphatic heterocycles. The molecule has 0 atom stereocenters. The number of aromatic nitrogens is 3. The van der Waals surface area contributed by atoms with Gasteiger partial charge in [-0.15, -0.1) is 10.2 Å². The van der Waals surface area contributed by atoms with Gasteiger partial charge in [0.1, 0.15) is 23.1 Å². The van der Waals surface area contributed by atoms with E-state index in [1.54, 1.807) is 17.7 Å². The molecule has 0 spiro atoms. The van der Waals surface area contributed by atoms with E-state index in [1.807, 2.05) is 0 Å². The largest absolute Gasteiger partial charge is 0.345 e. The van der Waals surface area contributed by atoms with E-state index < -0.39 is 35.0 Å². The Morgan fingerprint density at radius 3 is 2.37 bits per heavy atom. The van der Waals surface area contributed by atoms with Crippen molar-refractivity contribution in [1.29, 1.82) is 0 Å². The lowest BCUT2D eigenvalue weighted by Gasteiger charge is -2.08. The minimum Gasteiger partial charge on any atom is -0.345 e. The van der Waals surface area contributed by atoms with Crippen LogP contribution in [0.5, 0.6) is 0 Å². The van der Waals surface area contributed by atoms with E-state index in [9.17, 15) is 22.8 Å². The second-order valence-corrected chi connectivity index (χ2v) is 7.00. The zero-order valence-electron chi connectivity index (χ0n) is 15.7. The van der Waals surface area contributed by atoms with E-state index in [1.165, 1.54) is 24.3 Å². The zero-order valence-corrected chi connectivity index (χ0v) is 16.5. The second kappa shape index (κ2) is 9.44. The first-order valence-corrected chi connectivity index (χ1v) is 9.63. The van der Waals surface area contributed by atoms with Crippen LogP contribution >= 0.6 is 11.8 Å². The minimum atomic E-state index is -0.875. The Labute approximate surface area is 173 Å². The van der Waals surface area contributed by atoms with Crippen molar-refractivity contribution in [3.05, 3.63) is 71.3 Å². The Morgan fingerprint density at radius 1 is 1.00 bits per heavy atom. The molecule has 2 amide bonds. The van der Waals surface area contributed by atoms with Gasteiger partial charge in [-0.1, -0.05) is 30.0 Å². The topological polar surface area (TPSA) is 88.9 Å². The molecule has 0 unspecified atom stereocenters. The Balaban J connectivity index is 1.56. The quantitative estimate of drug-likeness (QED) is 0.557. The van der Waals surface area contributed by atoms with Crippen LogP contribution in [0.4, 0.5) is 18.9 Å². The molecule has 3 rings (SSSR count). The summed E-state index contributed by atoms with van der Waals surface area (Å²) in [6, 6.07) is 8.85. The summed E-state index contributed by atoms with van der Waals surface area (Å²) in [5.74, 6) is -3.40. The molecule has 1 heterocycles. The summed E-state index contributed by atoms with van der Waals surface area (Å²) in [5.41, 5.74) is -0.607. The summed E-state index contributed by atoms with van der Waals surface area (Å²) >= 11 is 1.000. The number of thioether (sulfide) groups is 1.